The minimum absolute atomic E-state index is 0.129. The SMILES string of the molecule is C=C(C=O)SCN1CCC(O)CC1. The molecule has 0 atom stereocenters. The molecule has 1 rings (SSSR count). The molecule has 3 nitrogen and oxygen atoms in total. The van der Waals surface area contributed by atoms with Gasteiger partial charge in [0.15, 0.2) is 6.29 Å². The molecule has 1 saturated heterocycles. The number of likely N-dealkylation sites (tertiary alicyclic amines) is 1. The fraction of sp³-hybridized carbons (Fsp3) is 0.667. The van der Waals surface area contributed by atoms with E-state index in [-0.39, 0.29) is 6.10 Å². The first-order chi connectivity index (χ1) is 6.22. The third kappa shape index (κ3) is 3.93. The Balaban J connectivity index is 2.15. The largest absolute Gasteiger partial charge is 0.393 e. The van der Waals surface area contributed by atoms with E-state index in [1.807, 2.05) is 0 Å². The second-order valence-electron chi connectivity index (χ2n) is 3.21. The lowest BCUT2D eigenvalue weighted by Gasteiger charge is -2.28. The summed E-state index contributed by atoms with van der Waals surface area (Å²) in [6.45, 7) is 5.43. The van der Waals surface area contributed by atoms with Crippen LogP contribution in [0.25, 0.3) is 0 Å². The normalized spacial score (nSPS) is 20.1. The molecule has 13 heavy (non-hydrogen) atoms. The molecule has 1 heterocycles. The van der Waals surface area contributed by atoms with Crippen LogP contribution < -0.4 is 0 Å². The number of allylic oxidation sites excluding steroid dienone is 1. The van der Waals surface area contributed by atoms with E-state index in [0.717, 1.165) is 38.1 Å². The quantitative estimate of drug-likeness (QED) is 0.540. The van der Waals surface area contributed by atoms with Crippen LogP contribution in [-0.2, 0) is 4.79 Å². The van der Waals surface area contributed by atoms with Gasteiger partial charge in [-0.05, 0) is 12.8 Å². The van der Waals surface area contributed by atoms with Crippen LogP contribution in [0.4, 0.5) is 0 Å². The van der Waals surface area contributed by atoms with Gasteiger partial charge in [0.1, 0.15) is 0 Å². The lowest BCUT2D eigenvalue weighted by molar-refractivity contribution is -0.104. The number of aliphatic hydroxyl groups excluding tert-OH is 1. The molecule has 0 aromatic carbocycles. The van der Waals surface area contributed by atoms with Gasteiger partial charge in [-0.2, -0.15) is 0 Å². The van der Waals surface area contributed by atoms with E-state index in [9.17, 15) is 9.90 Å². The number of piperidine rings is 1. The molecule has 1 N–H and O–H groups in total. The average molecular weight is 201 g/mol. The van der Waals surface area contributed by atoms with Crippen LogP contribution in [-0.4, -0.2) is 41.4 Å². The molecule has 0 unspecified atom stereocenters. The smallest absolute Gasteiger partial charge is 0.155 e. The fourth-order valence-electron chi connectivity index (χ4n) is 1.26. The number of aldehydes is 1. The zero-order valence-electron chi connectivity index (χ0n) is 7.61. The summed E-state index contributed by atoms with van der Waals surface area (Å²) in [5.41, 5.74) is 0. The number of carbonyl (C=O) groups is 1. The predicted molar refractivity (Wildman–Crippen MR) is 54.5 cm³/mol. The van der Waals surface area contributed by atoms with Crippen LogP contribution in [0.15, 0.2) is 11.5 Å². The van der Waals surface area contributed by atoms with E-state index in [1.54, 1.807) is 0 Å². The number of hydrogen-bond donors (Lipinski definition) is 1. The summed E-state index contributed by atoms with van der Waals surface area (Å²) in [4.78, 5) is 13.1. The van der Waals surface area contributed by atoms with Gasteiger partial charge in [0.2, 0.25) is 0 Å². The maximum Gasteiger partial charge on any atom is 0.155 e. The first kappa shape index (κ1) is 10.8. The second kappa shape index (κ2) is 5.42. The van der Waals surface area contributed by atoms with Gasteiger partial charge < -0.3 is 5.11 Å². The first-order valence-corrected chi connectivity index (χ1v) is 5.38. The summed E-state index contributed by atoms with van der Waals surface area (Å²) in [6.07, 6.45) is 2.33. The molecule has 4 heteroatoms. The van der Waals surface area contributed by atoms with Crippen LogP contribution >= 0.6 is 11.8 Å². The molecule has 1 aliphatic heterocycles. The Morgan fingerprint density at radius 1 is 1.62 bits per heavy atom. The molecular formula is C9H15NO2S. The standard InChI is InChI=1S/C9H15NO2S/c1-8(6-11)13-7-10-4-2-9(12)3-5-10/h6,9,12H,1-5,7H2. The van der Waals surface area contributed by atoms with E-state index in [4.69, 9.17) is 0 Å². The molecule has 0 aromatic heterocycles. The fourth-order valence-corrected chi connectivity index (χ4v) is 1.93. The Labute approximate surface area is 82.8 Å². The number of nitrogens with zero attached hydrogens (tertiary/aromatic N) is 1. The van der Waals surface area contributed by atoms with Crippen molar-refractivity contribution in [3.63, 3.8) is 0 Å². The van der Waals surface area contributed by atoms with Gasteiger partial charge in [0.05, 0.1) is 6.10 Å². The van der Waals surface area contributed by atoms with Gasteiger partial charge in [-0.3, -0.25) is 9.69 Å². The zero-order chi connectivity index (χ0) is 9.68. The molecule has 0 saturated carbocycles. The van der Waals surface area contributed by atoms with Crippen LogP contribution in [0, 0.1) is 0 Å². The van der Waals surface area contributed by atoms with Crippen LogP contribution in [0.5, 0.6) is 0 Å². The van der Waals surface area contributed by atoms with Crippen LogP contribution in [0.1, 0.15) is 12.8 Å². The van der Waals surface area contributed by atoms with Crippen molar-refractivity contribution < 1.29 is 9.90 Å². The number of aliphatic hydroxyl groups is 1. The van der Waals surface area contributed by atoms with Crippen molar-refractivity contribution in [2.45, 2.75) is 18.9 Å². The molecule has 74 valence electrons. The van der Waals surface area contributed by atoms with Gasteiger partial charge in [-0.1, -0.05) is 6.58 Å². The van der Waals surface area contributed by atoms with Gasteiger partial charge >= 0.3 is 0 Å². The Morgan fingerprint density at radius 3 is 2.77 bits per heavy atom. The molecule has 0 radical (unpaired) electrons. The van der Waals surface area contributed by atoms with Crippen molar-refractivity contribution in [1.82, 2.24) is 4.90 Å². The maximum absolute atomic E-state index is 10.3. The number of hydrogen-bond acceptors (Lipinski definition) is 4. The molecule has 0 aromatic rings. The lowest BCUT2D eigenvalue weighted by Crippen LogP contribution is -2.35. The summed E-state index contributed by atoms with van der Waals surface area (Å²) in [7, 11) is 0. The maximum atomic E-state index is 10.3. The Hall–Kier alpha value is -0.320. The van der Waals surface area contributed by atoms with Crippen molar-refractivity contribution in [2.24, 2.45) is 0 Å². The van der Waals surface area contributed by atoms with Gasteiger partial charge in [0.25, 0.3) is 0 Å². The summed E-state index contributed by atoms with van der Waals surface area (Å²) in [6, 6.07) is 0. The molecule has 0 bridgehead atoms. The topological polar surface area (TPSA) is 40.5 Å². The van der Waals surface area contributed by atoms with Crippen molar-refractivity contribution in [3.05, 3.63) is 11.5 Å². The van der Waals surface area contributed by atoms with Crippen LogP contribution in [0.3, 0.4) is 0 Å². The van der Waals surface area contributed by atoms with Crippen LogP contribution in [0.2, 0.25) is 0 Å². The summed E-state index contributed by atoms with van der Waals surface area (Å²) in [5, 5.41) is 9.24. The molecule has 1 fully saturated rings. The summed E-state index contributed by atoms with van der Waals surface area (Å²) in [5.74, 6) is 0.810. The van der Waals surface area contributed by atoms with E-state index in [1.165, 1.54) is 11.8 Å². The van der Waals surface area contributed by atoms with Crippen molar-refractivity contribution in [1.29, 1.82) is 0 Å². The highest BCUT2D eigenvalue weighted by Gasteiger charge is 2.16. The van der Waals surface area contributed by atoms with Crippen molar-refractivity contribution >= 4 is 18.0 Å². The second-order valence-corrected chi connectivity index (χ2v) is 4.28. The Kier molecular flexibility index (Phi) is 4.48. The van der Waals surface area contributed by atoms with Crippen molar-refractivity contribution in [3.8, 4) is 0 Å². The lowest BCUT2D eigenvalue weighted by atomic mass is 10.1. The third-order valence-electron chi connectivity index (χ3n) is 2.12. The Morgan fingerprint density at radius 2 is 2.23 bits per heavy atom. The highest BCUT2D eigenvalue weighted by atomic mass is 32.2. The average Bonchev–Trinajstić information content (AvgIpc) is 2.16. The minimum atomic E-state index is -0.129. The molecular weight excluding hydrogens is 186 g/mol. The zero-order valence-corrected chi connectivity index (χ0v) is 8.42. The monoisotopic (exact) mass is 201 g/mol. The van der Waals surface area contributed by atoms with Gasteiger partial charge in [-0.25, -0.2) is 0 Å². The van der Waals surface area contributed by atoms with E-state index < -0.39 is 0 Å². The van der Waals surface area contributed by atoms with E-state index in [0.29, 0.717) is 4.91 Å². The summed E-state index contributed by atoms with van der Waals surface area (Å²) < 4.78 is 0. The van der Waals surface area contributed by atoms with Crippen molar-refractivity contribution in [2.75, 3.05) is 19.0 Å². The first-order valence-electron chi connectivity index (χ1n) is 4.39. The summed E-state index contributed by atoms with van der Waals surface area (Å²) >= 11 is 1.47. The molecule has 1 aliphatic rings. The van der Waals surface area contributed by atoms with E-state index in [2.05, 4.69) is 11.5 Å². The van der Waals surface area contributed by atoms with Gasteiger partial charge in [0, 0.05) is 23.9 Å². The molecule has 0 aliphatic carbocycles. The van der Waals surface area contributed by atoms with E-state index >= 15 is 0 Å². The molecule has 0 spiro atoms. The third-order valence-corrected chi connectivity index (χ3v) is 3.08. The number of rotatable bonds is 4. The number of thioether (sulfide) groups is 1. The Bertz CT molecular complexity index is 188. The number of carbonyl (C=O) groups excluding carboxylic acids is 1. The minimum Gasteiger partial charge on any atom is -0.393 e. The molecule has 0 amide bonds. The van der Waals surface area contributed by atoms with Gasteiger partial charge in [-0.15, -0.1) is 11.8 Å². The predicted octanol–water partition coefficient (Wildman–Crippen LogP) is 0.846. The highest BCUT2D eigenvalue weighted by Crippen LogP contribution is 2.16. The highest BCUT2D eigenvalue weighted by molar-refractivity contribution is 8.03.